The Bertz CT molecular complexity index is 825. The predicted octanol–water partition coefficient (Wildman–Crippen LogP) is 1.72. The molecule has 3 N–H and O–H groups in total. The number of nitrogens with one attached hydrogen (secondary N) is 1. The minimum absolute atomic E-state index is 0.117. The van der Waals surface area contributed by atoms with E-state index in [-0.39, 0.29) is 11.9 Å². The van der Waals surface area contributed by atoms with Crippen LogP contribution in [0.4, 0.5) is 11.8 Å². The van der Waals surface area contributed by atoms with Crippen LogP contribution < -0.4 is 11.1 Å². The van der Waals surface area contributed by atoms with Gasteiger partial charge in [0, 0.05) is 5.92 Å². The molecule has 22 heavy (non-hydrogen) atoms. The summed E-state index contributed by atoms with van der Waals surface area (Å²) in [6.45, 7) is 2.68. The Hall–Kier alpha value is -2.96. The van der Waals surface area contributed by atoms with Crippen molar-refractivity contribution in [2.75, 3.05) is 11.1 Å². The van der Waals surface area contributed by atoms with Crippen LogP contribution in [-0.2, 0) is 6.54 Å². The molecule has 3 heterocycles. The molecule has 1 aromatic carbocycles. The van der Waals surface area contributed by atoms with Crippen molar-refractivity contribution in [3.8, 4) is 5.69 Å². The summed E-state index contributed by atoms with van der Waals surface area (Å²) in [5.41, 5.74) is 7.68. The van der Waals surface area contributed by atoms with Crippen LogP contribution in [0.1, 0.15) is 30.1 Å². The third-order valence-electron chi connectivity index (χ3n) is 3.88. The maximum Gasteiger partial charge on any atom is 0.222 e. The van der Waals surface area contributed by atoms with E-state index in [2.05, 4.69) is 44.5 Å². The van der Waals surface area contributed by atoms with Crippen LogP contribution in [0.25, 0.3) is 5.69 Å². The van der Waals surface area contributed by atoms with Crippen molar-refractivity contribution in [3.05, 3.63) is 53.7 Å². The summed E-state index contributed by atoms with van der Waals surface area (Å²) < 4.78 is 2.02. The number of fused-ring (bicyclic) bond motifs is 3. The third-order valence-corrected chi connectivity index (χ3v) is 3.88. The van der Waals surface area contributed by atoms with Crippen molar-refractivity contribution in [1.82, 2.24) is 24.7 Å². The molecular formula is C15H15N7. The summed E-state index contributed by atoms with van der Waals surface area (Å²) in [6.07, 6.45) is 1.71. The summed E-state index contributed by atoms with van der Waals surface area (Å²) in [7, 11) is 0. The zero-order valence-corrected chi connectivity index (χ0v) is 12.1. The molecule has 1 aliphatic heterocycles. The van der Waals surface area contributed by atoms with E-state index >= 15 is 0 Å². The van der Waals surface area contributed by atoms with E-state index in [4.69, 9.17) is 5.73 Å². The molecule has 2 aromatic heterocycles. The van der Waals surface area contributed by atoms with Gasteiger partial charge in [0.1, 0.15) is 11.5 Å². The minimum atomic E-state index is 0.117. The molecule has 0 spiro atoms. The van der Waals surface area contributed by atoms with Crippen LogP contribution in [0.5, 0.6) is 0 Å². The highest BCUT2D eigenvalue weighted by molar-refractivity contribution is 5.59. The highest BCUT2D eigenvalue weighted by atomic mass is 15.3. The Kier molecular flexibility index (Phi) is 2.78. The predicted molar refractivity (Wildman–Crippen MR) is 82.6 cm³/mol. The molecule has 1 aliphatic rings. The second-order valence-corrected chi connectivity index (χ2v) is 5.26. The number of hydrogen-bond donors (Lipinski definition) is 2. The molecule has 0 radical (unpaired) electrons. The number of hydrogen-bond acceptors (Lipinski definition) is 6. The van der Waals surface area contributed by atoms with Gasteiger partial charge in [-0.25, -0.2) is 4.98 Å². The van der Waals surface area contributed by atoms with Crippen molar-refractivity contribution < 1.29 is 0 Å². The lowest BCUT2D eigenvalue weighted by molar-refractivity contribution is 0.756. The molecule has 0 amide bonds. The van der Waals surface area contributed by atoms with E-state index < -0.39 is 0 Å². The molecule has 0 saturated carbocycles. The summed E-state index contributed by atoms with van der Waals surface area (Å²) in [4.78, 5) is 8.34. The van der Waals surface area contributed by atoms with Gasteiger partial charge in [-0.05, 0) is 5.56 Å². The van der Waals surface area contributed by atoms with Gasteiger partial charge in [-0.2, -0.15) is 4.98 Å². The zero-order chi connectivity index (χ0) is 15.1. The normalized spacial score (nSPS) is 13.9. The summed E-state index contributed by atoms with van der Waals surface area (Å²) in [5.74, 6) is 2.80. The number of benzene rings is 1. The monoisotopic (exact) mass is 293 g/mol. The number of aromatic nitrogens is 5. The average Bonchev–Trinajstić information content (AvgIpc) is 2.99. The first-order valence-electron chi connectivity index (χ1n) is 7.10. The molecule has 7 nitrogen and oxygen atoms in total. The molecule has 1 atom stereocenters. The lowest BCUT2D eigenvalue weighted by Crippen LogP contribution is -2.20. The minimum Gasteiger partial charge on any atom is -0.368 e. The van der Waals surface area contributed by atoms with Gasteiger partial charge >= 0.3 is 0 Å². The molecule has 0 bridgehead atoms. The van der Waals surface area contributed by atoms with Crippen LogP contribution in [0, 0.1) is 0 Å². The quantitative estimate of drug-likeness (QED) is 0.747. The van der Waals surface area contributed by atoms with Crippen molar-refractivity contribution in [3.63, 3.8) is 0 Å². The molecule has 3 aromatic rings. The Labute approximate surface area is 127 Å². The van der Waals surface area contributed by atoms with Gasteiger partial charge in [-0.1, -0.05) is 37.3 Å². The first-order valence-corrected chi connectivity index (χ1v) is 7.10. The lowest BCUT2D eigenvalue weighted by atomic mass is 10.0. The Morgan fingerprint density at radius 2 is 2.05 bits per heavy atom. The highest BCUT2D eigenvalue weighted by Gasteiger charge is 2.25. The molecular weight excluding hydrogens is 278 g/mol. The van der Waals surface area contributed by atoms with Gasteiger partial charge in [-0.3, -0.25) is 4.57 Å². The summed E-state index contributed by atoms with van der Waals surface area (Å²) in [6, 6.07) is 10.2. The topological polar surface area (TPSA) is 94.5 Å². The second kappa shape index (κ2) is 4.80. The molecule has 0 aliphatic carbocycles. The lowest BCUT2D eigenvalue weighted by Gasteiger charge is -2.21. The van der Waals surface area contributed by atoms with Crippen molar-refractivity contribution in [2.45, 2.75) is 19.4 Å². The van der Waals surface area contributed by atoms with E-state index in [1.54, 1.807) is 6.20 Å². The second-order valence-electron chi connectivity index (χ2n) is 5.26. The Morgan fingerprint density at radius 3 is 2.86 bits per heavy atom. The fourth-order valence-corrected chi connectivity index (χ4v) is 2.72. The van der Waals surface area contributed by atoms with E-state index in [0.29, 0.717) is 12.4 Å². The van der Waals surface area contributed by atoms with Crippen LogP contribution in [0.15, 0.2) is 36.5 Å². The van der Waals surface area contributed by atoms with Gasteiger partial charge in [-0.15, -0.1) is 10.2 Å². The molecule has 0 saturated heterocycles. The van der Waals surface area contributed by atoms with Gasteiger partial charge in [0.25, 0.3) is 0 Å². The standard InChI is InChI=1S/C15H15N7/c1-9(10-5-3-2-4-6-10)14-21-20-12-8-17-13-11(22(12)14)7-18-15(16)19-13/h2-7,9H,8H2,1H3,(H3,16,17,18,19)/t9-/m0/s1. The first-order chi connectivity index (χ1) is 10.7. The summed E-state index contributed by atoms with van der Waals surface area (Å²) in [5, 5.41) is 11.9. The largest absolute Gasteiger partial charge is 0.368 e. The van der Waals surface area contributed by atoms with Crippen LogP contribution in [0.3, 0.4) is 0 Å². The zero-order valence-electron chi connectivity index (χ0n) is 12.1. The van der Waals surface area contributed by atoms with Crippen LogP contribution >= 0.6 is 0 Å². The van der Waals surface area contributed by atoms with Gasteiger partial charge < -0.3 is 11.1 Å². The van der Waals surface area contributed by atoms with Gasteiger partial charge in [0.05, 0.1) is 12.7 Å². The first kappa shape index (κ1) is 12.8. The number of nitrogens with zero attached hydrogens (tertiary/aromatic N) is 5. The Balaban J connectivity index is 1.85. The van der Waals surface area contributed by atoms with Crippen molar-refractivity contribution in [2.24, 2.45) is 0 Å². The smallest absolute Gasteiger partial charge is 0.222 e. The van der Waals surface area contributed by atoms with E-state index in [1.807, 2.05) is 22.8 Å². The number of nitrogen functional groups attached to an aromatic ring is 1. The highest BCUT2D eigenvalue weighted by Crippen LogP contribution is 2.30. The molecule has 110 valence electrons. The SMILES string of the molecule is C[C@@H](c1ccccc1)c1nnc2n1-c1cnc(N)nc1NC2. The maximum absolute atomic E-state index is 5.66. The number of anilines is 2. The van der Waals surface area contributed by atoms with Gasteiger partial charge in [0.2, 0.25) is 5.95 Å². The van der Waals surface area contributed by atoms with E-state index in [1.165, 1.54) is 5.56 Å². The fraction of sp³-hybridized carbons (Fsp3) is 0.200. The molecule has 0 unspecified atom stereocenters. The summed E-state index contributed by atoms with van der Waals surface area (Å²) >= 11 is 0. The number of rotatable bonds is 2. The van der Waals surface area contributed by atoms with Crippen LogP contribution in [0.2, 0.25) is 0 Å². The van der Waals surface area contributed by atoms with E-state index in [9.17, 15) is 0 Å². The number of nitrogens with two attached hydrogens (primary N) is 1. The molecule has 0 fully saturated rings. The molecule has 4 rings (SSSR count). The maximum atomic E-state index is 5.66. The Morgan fingerprint density at radius 1 is 1.23 bits per heavy atom. The van der Waals surface area contributed by atoms with Crippen LogP contribution in [-0.4, -0.2) is 24.7 Å². The van der Waals surface area contributed by atoms with Crippen molar-refractivity contribution >= 4 is 11.8 Å². The fourth-order valence-electron chi connectivity index (χ4n) is 2.72. The van der Waals surface area contributed by atoms with Gasteiger partial charge in [0.15, 0.2) is 11.6 Å². The molecule has 7 heteroatoms. The third kappa shape index (κ3) is 1.90. The van der Waals surface area contributed by atoms with Crippen molar-refractivity contribution in [1.29, 1.82) is 0 Å². The van der Waals surface area contributed by atoms with E-state index in [0.717, 1.165) is 17.3 Å². The average molecular weight is 293 g/mol.